The summed E-state index contributed by atoms with van der Waals surface area (Å²) < 4.78 is 1.22. The average molecular weight is 419 g/mol. The molecule has 0 aliphatic carbocycles. The van der Waals surface area contributed by atoms with E-state index in [-0.39, 0.29) is 18.0 Å². The van der Waals surface area contributed by atoms with Crippen LogP contribution in [0.15, 0.2) is 59.5 Å². The maximum Gasteiger partial charge on any atom is 0.275 e. The van der Waals surface area contributed by atoms with E-state index in [2.05, 4.69) is 47.4 Å². The van der Waals surface area contributed by atoms with Crippen LogP contribution in [0.25, 0.3) is 10.8 Å². The van der Waals surface area contributed by atoms with Crippen molar-refractivity contribution in [1.82, 2.24) is 20.0 Å². The topological polar surface area (TPSA) is 67.2 Å². The van der Waals surface area contributed by atoms with Crippen molar-refractivity contribution < 1.29 is 4.79 Å². The van der Waals surface area contributed by atoms with Crippen molar-refractivity contribution in [2.24, 2.45) is 11.8 Å². The first kappa shape index (κ1) is 21.2. The first-order valence-corrected chi connectivity index (χ1v) is 11.0. The molecule has 0 spiro atoms. The quantitative estimate of drug-likeness (QED) is 0.668. The molecule has 0 unspecified atom stereocenters. The zero-order valence-corrected chi connectivity index (χ0v) is 18.3. The summed E-state index contributed by atoms with van der Waals surface area (Å²) in [5.41, 5.74) is 2.10. The lowest BCUT2D eigenvalue weighted by Crippen LogP contribution is -2.38. The van der Waals surface area contributed by atoms with E-state index in [0.717, 1.165) is 30.6 Å². The van der Waals surface area contributed by atoms with E-state index < -0.39 is 0 Å². The van der Waals surface area contributed by atoms with Crippen LogP contribution < -0.4 is 10.9 Å². The Balaban J connectivity index is 1.40. The Morgan fingerprint density at radius 3 is 2.48 bits per heavy atom. The zero-order valence-electron chi connectivity index (χ0n) is 18.3. The third-order valence-corrected chi connectivity index (χ3v) is 5.99. The number of carbonyl (C=O) groups is 1. The smallest absolute Gasteiger partial charge is 0.275 e. The van der Waals surface area contributed by atoms with E-state index in [9.17, 15) is 9.59 Å². The Morgan fingerprint density at radius 1 is 1.03 bits per heavy atom. The number of nitrogens with one attached hydrogen (secondary N) is 1. The third kappa shape index (κ3) is 5.20. The molecular weight excluding hydrogens is 388 g/mol. The molecule has 1 aromatic heterocycles. The summed E-state index contributed by atoms with van der Waals surface area (Å²) in [5, 5.41) is 8.46. The van der Waals surface area contributed by atoms with Gasteiger partial charge in [-0.05, 0) is 35.4 Å². The van der Waals surface area contributed by atoms with Gasteiger partial charge in [0.25, 0.3) is 5.56 Å². The van der Waals surface area contributed by atoms with Crippen molar-refractivity contribution in [2.75, 3.05) is 13.1 Å². The fourth-order valence-electron chi connectivity index (χ4n) is 4.67. The molecule has 2 aromatic carbocycles. The van der Waals surface area contributed by atoms with Crippen molar-refractivity contribution in [3.05, 3.63) is 76.2 Å². The molecule has 2 heterocycles. The number of hydrogen-bond donors (Lipinski definition) is 1. The minimum absolute atomic E-state index is 0.0903. The second kappa shape index (κ2) is 9.43. The SMILES string of the molecule is C[C@@H]1C[C@H](C)CN(Cc2ccccc2CNC(=O)Cn2ncc3ccccc3c2=O)C1. The van der Waals surface area contributed by atoms with Crippen LogP contribution in [0.2, 0.25) is 0 Å². The Hall–Kier alpha value is -2.99. The van der Waals surface area contributed by atoms with Crippen LogP contribution in [-0.2, 0) is 24.4 Å². The maximum absolute atomic E-state index is 12.6. The van der Waals surface area contributed by atoms with Crippen molar-refractivity contribution >= 4 is 16.7 Å². The van der Waals surface area contributed by atoms with Gasteiger partial charge in [-0.2, -0.15) is 5.10 Å². The van der Waals surface area contributed by atoms with Gasteiger partial charge >= 0.3 is 0 Å². The van der Waals surface area contributed by atoms with Gasteiger partial charge < -0.3 is 5.32 Å². The third-order valence-electron chi connectivity index (χ3n) is 5.99. The lowest BCUT2D eigenvalue weighted by molar-refractivity contribution is -0.122. The van der Waals surface area contributed by atoms with Crippen molar-refractivity contribution in [2.45, 2.75) is 39.9 Å². The molecule has 0 saturated carbocycles. The number of aromatic nitrogens is 2. The van der Waals surface area contributed by atoms with Crippen LogP contribution in [-0.4, -0.2) is 33.7 Å². The van der Waals surface area contributed by atoms with E-state index in [1.807, 2.05) is 24.3 Å². The number of piperidine rings is 1. The highest BCUT2D eigenvalue weighted by atomic mass is 16.2. The highest BCUT2D eigenvalue weighted by Gasteiger charge is 2.22. The van der Waals surface area contributed by atoms with Gasteiger partial charge in [-0.15, -0.1) is 0 Å². The molecule has 1 saturated heterocycles. The normalized spacial score (nSPS) is 19.4. The highest BCUT2D eigenvalue weighted by molar-refractivity contribution is 5.81. The second-order valence-electron chi connectivity index (χ2n) is 8.88. The van der Waals surface area contributed by atoms with Gasteiger partial charge in [0.15, 0.2) is 0 Å². The minimum Gasteiger partial charge on any atom is -0.350 e. The summed E-state index contributed by atoms with van der Waals surface area (Å²) in [6, 6.07) is 15.5. The highest BCUT2D eigenvalue weighted by Crippen LogP contribution is 2.23. The summed E-state index contributed by atoms with van der Waals surface area (Å²) in [6.45, 7) is 8.11. The number of benzene rings is 2. The lowest BCUT2D eigenvalue weighted by Gasteiger charge is -2.35. The number of carbonyl (C=O) groups excluding carboxylic acids is 1. The standard InChI is InChI=1S/C25H30N4O2/c1-18-11-19(2)15-28(14-18)16-22-9-4-3-7-20(22)12-26-24(30)17-29-25(31)23-10-6-5-8-21(23)13-27-29/h3-10,13,18-19H,11-12,14-17H2,1-2H3,(H,26,30)/t18-,19+. The van der Waals surface area contributed by atoms with Crippen molar-refractivity contribution in [3.63, 3.8) is 0 Å². The van der Waals surface area contributed by atoms with E-state index in [0.29, 0.717) is 23.8 Å². The molecule has 1 aliphatic heterocycles. The van der Waals surface area contributed by atoms with Crippen molar-refractivity contribution in [3.8, 4) is 0 Å². The second-order valence-corrected chi connectivity index (χ2v) is 8.88. The first-order chi connectivity index (χ1) is 15.0. The van der Waals surface area contributed by atoms with Crippen LogP contribution in [0.1, 0.15) is 31.4 Å². The molecule has 0 radical (unpaired) electrons. The molecule has 3 aromatic rings. The predicted octanol–water partition coefficient (Wildman–Crippen LogP) is 3.19. The molecule has 1 N–H and O–H groups in total. The monoisotopic (exact) mass is 418 g/mol. The molecule has 31 heavy (non-hydrogen) atoms. The summed E-state index contributed by atoms with van der Waals surface area (Å²) >= 11 is 0. The van der Waals surface area contributed by atoms with Gasteiger partial charge in [-0.1, -0.05) is 56.3 Å². The van der Waals surface area contributed by atoms with Gasteiger partial charge in [0, 0.05) is 31.6 Å². The molecule has 4 rings (SSSR count). The lowest BCUT2D eigenvalue weighted by atomic mass is 9.91. The molecule has 2 atom stereocenters. The van der Waals surface area contributed by atoms with Crippen LogP contribution in [0.5, 0.6) is 0 Å². The number of fused-ring (bicyclic) bond motifs is 1. The van der Waals surface area contributed by atoms with Crippen LogP contribution in [0.3, 0.4) is 0 Å². The molecule has 1 aliphatic rings. The molecule has 6 heteroatoms. The van der Waals surface area contributed by atoms with Crippen LogP contribution in [0, 0.1) is 11.8 Å². The van der Waals surface area contributed by atoms with Gasteiger partial charge in [0.1, 0.15) is 6.54 Å². The largest absolute Gasteiger partial charge is 0.350 e. The maximum atomic E-state index is 12.6. The number of amides is 1. The molecule has 1 amide bonds. The van der Waals surface area contributed by atoms with Crippen molar-refractivity contribution in [1.29, 1.82) is 0 Å². The molecule has 162 valence electrons. The Bertz CT molecular complexity index is 1110. The van der Waals surface area contributed by atoms with Crippen LogP contribution >= 0.6 is 0 Å². The van der Waals surface area contributed by atoms with Crippen LogP contribution in [0.4, 0.5) is 0 Å². The summed E-state index contributed by atoms with van der Waals surface area (Å²) in [5.74, 6) is 1.20. The van der Waals surface area contributed by atoms with E-state index in [1.165, 1.54) is 16.7 Å². The molecule has 0 bridgehead atoms. The molecule has 6 nitrogen and oxygen atoms in total. The Labute approximate surface area is 182 Å². The summed E-state index contributed by atoms with van der Waals surface area (Å²) in [6.07, 6.45) is 2.91. The van der Waals surface area contributed by atoms with Gasteiger partial charge in [-0.3, -0.25) is 14.5 Å². The Kier molecular flexibility index (Phi) is 6.47. The summed E-state index contributed by atoms with van der Waals surface area (Å²) in [4.78, 5) is 27.6. The van der Waals surface area contributed by atoms with E-state index >= 15 is 0 Å². The van der Waals surface area contributed by atoms with Gasteiger partial charge in [0.05, 0.1) is 11.6 Å². The Morgan fingerprint density at radius 2 is 1.71 bits per heavy atom. The molecule has 1 fully saturated rings. The fraction of sp³-hybridized carbons (Fsp3) is 0.400. The van der Waals surface area contributed by atoms with Gasteiger partial charge in [0.2, 0.25) is 5.91 Å². The van der Waals surface area contributed by atoms with E-state index in [1.54, 1.807) is 12.3 Å². The van der Waals surface area contributed by atoms with E-state index in [4.69, 9.17) is 0 Å². The minimum atomic E-state index is -0.248. The fourth-order valence-corrected chi connectivity index (χ4v) is 4.67. The molecular formula is C25H30N4O2. The number of likely N-dealkylation sites (tertiary alicyclic amines) is 1. The summed E-state index contributed by atoms with van der Waals surface area (Å²) in [7, 11) is 0. The average Bonchev–Trinajstić information content (AvgIpc) is 2.74. The number of rotatable bonds is 6. The zero-order chi connectivity index (χ0) is 21.8. The number of hydrogen-bond acceptors (Lipinski definition) is 4. The predicted molar refractivity (Wildman–Crippen MR) is 123 cm³/mol. The van der Waals surface area contributed by atoms with Gasteiger partial charge in [-0.25, -0.2) is 4.68 Å². The number of nitrogens with zero attached hydrogens (tertiary/aromatic N) is 3. The first-order valence-electron chi connectivity index (χ1n) is 11.0.